The number of nitrogens with one attached hydrogen (secondary N) is 1. The number of ether oxygens (including phenoxy) is 1. The van der Waals surface area contributed by atoms with Gasteiger partial charge in [-0.15, -0.1) is 0 Å². The Morgan fingerprint density at radius 3 is 2.72 bits per heavy atom. The second-order valence-electron chi connectivity index (χ2n) is 7.78. The van der Waals surface area contributed by atoms with Gasteiger partial charge in [-0.05, 0) is 50.4 Å². The van der Waals surface area contributed by atoms with Crippen molar-refractivity contribution in [2.24, 2.45) is 0 Å². The number of hydrogen-bond donors (Lipinski definition) is 3. The van der Waals surface area contributed by atoms with Crippen molar-refractivity contribution in [3.63, 3.8) is 0 Å². The van der Waals surface area contributed by atoms with Crippen LogP contribution in [0, 0.1) is 0 Å². The number of rotatable bonds is 4. The van der Waals surface area contributed by atoms with Gasteiger partial charge in [0, 0.05) is 42.4 Å². The van der Waals surface area contributed by atoms with Gasteiger partial charge in [-0.25, -0.2) is 0 Å². The molecule has 1 saturated heterocycles. The van der Waals surface area contributed by atoms with Crippen molar-refractivity contribution in [3.8, 4) is 0 Å². The number of aliphatic hydroxyl groups is 2. The summed E-state index contributed by atoms with van der Waals surface area (Å²) >= 11 is 5.64. The van der Waals surface area contributed by atoms with E-state index < -0.39 is 5.91 Å². The molecule has 1 aliphatic carbocycles. The molecular weight excluding hydrogens is 390 g/mol. The van der Waals surface area contributed by atoms with Gasteiger partial charge in [-0.1, -0.05) is 37.4 Å². The first-order chi connectivity index (χ1) is 13.9. The lowest BCUT2D eigenvalue weighted by Crippen LogP contribution is -2.41. The maximum Gasteiger partial charge on any atom is 0.252 e. The fourth-order valence-electron chi connectivity index (χ4n) is 4.22. The molecule has 7 heteroatoms. The predicted molar refractivity (Wildman–Crippen MR) is 112 cm³/mol. The third kappa shape index (κ3) is 5.96. The van der Waals surface area contributed by atoms with Crippen molar-refractivity contribution in [2.75, 3.05) is 13.2 Å². The summed E-state index contributed by atoms with van der Waals surface area (Å²) in [5.41, 5.74) is 1.69. The lowest BCUT2D eigenvalue weighted by Gasteiger charge is -2.38. The number of halogens is 1. The van der Waals surface area contributed by atoms with Crippen LogP contribution >= 0.6 is 11.6 Å². The molecule has 3 N–H and O–H groups in total. The number of nitrogens with zero attached hydrogens (tertiary/aromatic N) is 2. The van der Waals surface area contributed by atoms with E-state index in [1.165, 1.54) is 56.3 Å². The minimum atomic E-state index is -2.06. The van der Waals surface area contributed by atoms with Crippen LogP contribution in [0.4, 0.5) is 0 Å². The van der Waals surface area contributed by atoms with Crippen LogP contribution < -0.4 is 5.32 Å². The second-order valence-corrected chi connectivity index (χ2v) is 8.21. The van der Waals surface area contributed by atoms with E-state index in [2.05, 4.69) is 27.4 Å². The van der Waals surface area contributed by atoms with Crippen LogP contribution in [0.3, 0.4) is 0 Å². The SMILES string of the molecule is CCNC(O)(O)c1cncc(Cl)c1.c1ccc(C2CCOC3(CCCC3)C2)nc1. The van der Waals surface area contributed by atoms with Crippen LogP contribution in [-0.2, 0) is 10.6 Å². The molecule has 2 fully saturated rings. The molecule has 4 rings (SSSR count). The highest BCUT2D eigenvalue weighted by Crippen LogP contribution is 2.44. The molecule has 6 nitrogen and oxygen atoms in total. The molecule has 0 radical (unpaired) electrons. The van der Waals surface area contributed by atoms with Gasteiger partial charge < -0.3 is 14.9 Å². The Kier molecular flexibility index (Phi) is 7.60. The lowest BCUT2D eigenvalue weighted by molar-refractivity contribution is -0.194. The zero-order valence-corrected chi connectivity index (χ0v) is 17.6. The van der Waals surface area contributed by atoms with Gasteiger partial charge in [-0.3, -0.25) is 15.3 Å². The summed E-state index contributed by atoms with van der Waals surface area (Å²) < 4.78 is 6.05. The summed E-state index contributed by atoms with van der Waals surface area (Å²) in [5.74, 6) is -1.44. The number of hydrogen-bond acceptors (Lipinski definition) is 6. The maximum absolute atomic E-state index is 9.46. The van der Waals surface area contributed by atoms with Gasteiger partial charge in [0.05, 0.1) is 10.6 Å². The Balaban J connectivity index is 0.000000170. The highest BCUT2D eigenvalue weighted by molar-refractivity contribution is 6.30. The van der Waals surface area contributed by atoms with E-state index in [1.54, 1.807) is 6.92 Å². The predicted octanol–water partition coefficient (Wildman–Crippen LogP) is 3.73. The molecule has 2 aromatic heterocycles. The third-order valence-corrected chi connectivity index (χ3v) is 5.85. The van der Waals surface area contributed by atoms with Gasteiger partial charge in [-0.2, -0.15) is 0 Å². The summed E-state index contributed by atoms with van der Waals surface area (Å²) in [6.07, 6.45) is 12.2. The largest absolute Gasteiger partial charge is 0.375 e. The van der Waals surface area contributed by atoms with Gasteiger partial charge in [0.2, 0.25) is 0 Å². The molecule has 29 heavy (non-hydrogen) atoms. The average molecular weight is 420 g/mol. The maximum atomic E-state index is 9.46. The first kappa shape index (κ1) is 22.1. The lowest BCUT2D eigenvalue weighted by atomic mass is 9.83. The van der Waals surface area contributed by atoms with E-state index in [-0.39, 0.29) is 11.2 Å². The van der Waals surface area contributed by atoms with Crippen molar-refractivity contribution in [3.05, 3.63) is 59.1 Å². The highest BCUT2D eigenvalue weighted by atomic mass is 35.5. The summed E-state index contributed by atoms with van der Waals surface area (Å²) in [5, 5.41) is 21.8. The van der Waals surface area contributed by atoms with E-state index >= 15 is 0 Å². The Labute approximate surface area is 177 Å². The van der Waals surface area contributed by atoms with Crippen LogP contribution in [0.15, 0.2) is 42.9 Å². The molecule has 0 bridgehead atoms. The van der Waals surface area contributed by atoms with Gasteiger partial charge >= 0.3 is 0 Å². The monoisotopic (exact) mass is 419 g/mol. The third-order valence-electron chi connectivity index (χ3n) is 5.64. The highest BCUT2D eigenvalue weighted by Gasteiger charge is 2.40. The fourth-order valence-corrected chi connectivity index (χ4v) is 4.39. The Bertz CT molecular complexity index is 767. The van der Waals surface area contributed by atoms with Crippen LogP contribution in [0.5, 0.6) is 0 Å². The minimum absolute atomic E-state index is 0.209. The van der Waals surface area contributed by atoms with Crippen molar-refractivity contribution in [1.29, 1.82) is 0 Å². The Hall–Kier alpha value is -1.57. The molecular formula is C22H30ClN3O3. The normalized spacial score (nSPS) is 20.9. The molecule has 1 aliphatic heterocycles. The van der Waals surface area contributed by atoms with Crippen LogP contribution in [0.1, 0.15) is 62.6 Å². The zero-order chi connectivity index (χ0) is 20.7. The first-order valence-corrected chi connectivity index (χ1v) is 10.7. The molecule has 2 aliphatic rings. The van der Waals surface area contributed by atoms with E-state index in [0.29, 0.717) is 17.5 Å². The van der Waals surface area contributed by atoms with Crippen molar-refractivity contribution in [1.82, 2.24) is 15.3 Å². The van der Waals surface area contributed by atoms with E-state index in [0.717, 1.165) is 13.0 Å². The Morgan fingerprint density at radius 1 is 1.28 bits per heavy atom. The molecule has 1 spiro atoms. The average Bonchev–Trinajstić information content (AvgIpc) is 3.16. The summed E-state index contributed by atoms with van der Waals surface area (Å²) in [6.45, 7) is 3.11. The molecule has 1 saturated carbocycles. The second kappa shape index (κ2) is 9.96. The number of pyridine rings is 2. The van der Waals surface area contributed by atoms with Gasteiger partial charge in [0.25, 0.3) is 5.91 Å². The van der Waals surface area contributed by atoms with Crippen LogP contribution in [0.25, 0.3) is 0 Å². The molecule has 158 valence electrons. The Morgan fingerprint density at radius 2 is 2.07 bits per heavy atom. The van der Waals surface area contributed by atoms with Crippen LogP contribution in [-0.4, -0.2) is 38.9 Å². The minimum Gasteiger partial charge on any atom is -0.375 e. The quantitative estimate of drug-likeness (QED) is 0.654. The summed E-state index contributed by atoms with van der Waals surface area (Å²) in [4.78, 5) is 8.24. The molecule has 1 atom stereocenters. The van der Waals surface area contributed by atoms with E-state index in [9.17, 15) is 10.2 Å². The van der Waals surface area contributed by atoms with E-state index in [1.807, 2.05) is 12.3 Å². The summed E-state index contributed by atoms with van der Waals surface area (Å²) in [7, 11) is 0. The summed E-state index contributed by atoms with van der Waals surface area (Å²) in [6, 6.07) is 7.70. The van der Waals surface area contributed by atoms with Crippen molar-refractivity contribution in [2.45, 2.75) is 62.9 Å². The molecule has 3 heterocycles. The van der Waals surface area contributed by atoms with Crippen molar-refractivity contribution < 1.29 is 14.9 Å². The van der Waals surface area contributed by atoms with Gasteiger partial charge in [0.15, 0.2) is 0 Å². The molecule has 1 unspecified atom stereocenters. The molecule has 0 aromatic carbocycles. The smallest absolute Gasteiger partial charge is 0.252 e. The molecule has 0 amide bonds. The number of aromatic nitrogens is 2. The fraction of sp³-hybridized carbons (Fsp3) is 0.545. The zero-order valence-electron chi connectivity index (χ0n) is 16.9. The van der Waals surface area contributed by atoms with E-state index in [4.69, 9.17) is 16.3 Å². The van der Waals surface area contributed by atoms with Gasteiger partial charge in [0.1, 0.15) is 0 Å². The first-order valence-electron chi connectivity index (χ1n) is 10.3. The standard InChI is InChI=1S/C14H19NO.C8H11ClN2O2/c1-4-9-15-13(5-1)12-6-10-16-14(11-12)7-2-3-8-14;1-2-11-8(12,13)6-3-7(9)5-10-4-6/h1,4-5,9,12H,2-3,6-8,10-11H2;3-5,11-13H,2H2,1H3. The van der Waals surface area contributed by atoms with Crippen LogP contribution in [0.2, 0.25) is 5.02 Å². The topological polar surface area (TPSA) is 87.5 Å². The molecule has 2 aromatic rings. The van der Waals surface area contributed by atoms with Crippen molar-refractivity contribution >= 4 is 11.6 Å².